The summed E-state index contributed by atoms with van der Waals surface area (Å²) in [4.78, 5) is 14.1. The first kappa shape index (κ1) is 10.8. The fourth-order valence-electron chi connectivity index (χ4n) is 2.66. The number of amides is 1. The van der Waals surface area contributed by atoms with Crippen LogP contribution in [0.4, 0.5) is 0 Å². The molecule has 0 saturated carbocycles. The van der Waals surface area contributed by atoms with Crippen LogP contribution in [0.1, 0.15) is 35.2 Å². The molecule has 2 aliphatic heterocycles. The van der Waals surface area contributed by atoms with Crippen molar-refractivity contribution in [2.75, 3.05) is 13.2 Å². The SMILES string of the molecule is O=C1c2ccccc2CN1CC1CCCCO1. The van der Waals surface area contributed by atoms with Crippen LogP contribution in [0.5, 0.6) is 0 Å². The summed E-state index contributed by atoms with van der Waals surface area (Å²) in [7, 11) is 0. The Hall–Kier alpha value is -1.35. The van der Waals surface area contributed by atoms with Crippen LogP contribution in [0.15, 0.2) is 24.3 Å². The molecule has 0 N–H and O–H groups in total. The van der Waals surface area contributed by atoms with E-state index in [9.17, 15) is 4.79 Å². The van der Waals surface area contributed by atoms with E-state index in [1.54, 1.807) is 0 Å². The van der Waals surface area contributed by atoms with E-state index in [-0.39, 0.29) is 12.0 Å². The lowest BCUT2D eigenvalue weighted by Gasteiger charge is -2.27. The van der Waals surface area contributed by atoms with Crippen molar-refractivity contribution in [3.63, 3.8) is 0 Å². The summed E-state index contributed by atoms with van der Waals surface area (Å²) >= 11 is 0. The van der Waals surface area contributed by atoms with Crippen LogP contribution in [0, 0.1) is 0 Å². The number of rotatable bonds is 2. The minimum absolute atomic E-state index is 0.162. The largest absolute Gasteiger partial charge is 0.376 e. The number of hydrogen-bond acceptors (Lipinski definition) is 2. The number of fused-ring (bicyclic) bond motifs is 1. The van der Waals surface area contributed by atoms with E-state index >= 15 is 0 Å². The molecule has 2 aliphatic rings. The van der Waals surface area contributed by atoms with Gasteiger partial charge in [-0.15, -0.1) is 0 Å². The first-order valence-corrected chi connectivity index (χ1v) is 6.33. The molecular formula is C14H17NO2. The van der Waals surface area contributed by atoms with Gasteiger partial charge < -0.3 is 9.64 Å². The van der Waals surface area contributed by atoms with E-state index in [1.807, 2.05) is 29.2 Å². The Kier molecular flexibility index (Phi) is 2.85. The highest BCUT2D eigenvalue weighted by Gasteiger charge is 2.29. The molecule has 3 rings (SSSR count). The van der Waals surface area contributed by atoms with Crippen LogP contribution < -0.4 is 0 Å². The summed E-state index contributed by atoms with van der Waals surface area (Å²) in [6.07, 6.45) is 3.70. The standard InChI is InChI=1S/C14H17NO2/c16-14-13-7-2-1-5-11(13)9-15(14)10-12-6-3-4-8-17-12/h1-2,5,7,12H,3-4,6,8-10H2. The third-order valence-electron chi connectivity index (χ3n) is 3.59. The van der Waals surface area contributed by atoms with Crippen molar-refractivity contribution < 1.29 is 9.53 Å². The van der Waals surface area contributed by atoms with Crippen molar-refractivity contribution in [3.05, 3.63) is 35.4 Å². The number of benzene rings is 1. The lowest BCUT2D eigenvalue weighted by Crippen LogP contribution is -2.35. The van der Waals surface area contributed by atoms with E-state index in [4.69, 9.17) is 4.74 Å². The zero-order valence-electron chi connectivity index (χ0n) is 9.89. The Bertz CT molecular complexity index is 424. The summed E-state index contributed by atoms with van der Waals surface area (Å²) in [6.45, 7) is 2.34. The molecule has 1 aromatic rings. The van der Waals surface area contributed by atoms with Gasteiger partial charge in [0, 0.05) is 25.3 Å². The maximum atomic E-state index is 12.1. The highest BCUT2D eigenvalue weighted by molar-refractivity contribution is 5.98. The molecule has 1 aromatic carbocycles. The monoisotopic (exact) mass is 231 g/mol. The maximum absolute atomic E-state index is 12.1. The Morgan fingerprint density at radius 2 is 2.18 bits per heavy atom. The fraction of sp³-hybridized carbons (Fsp3) is 0.500. The Morgan fingerprint density at radius 3 is 2.94 bits per heavy atom. The molecule has 2 heterocycles. The molecule has 1 fully saturated rings. The van der Waals surface area contributed by atoms with Gasteiger partial charge in [-0.25, -0.2) is 0 Å². The quantitative estimate of drug-likeness (QED) is 0.781. The van der Waals surface area contributed by atoms with Crippen LogP contribution in [0.2, 0.25) is 0 Å². The van der Waals surface area contributed by atoms with Crippen LogP contribution >= 0.6 is 0 Å². The number of ether oxygens (including phenoxy) is 1. The molecule has 0 aliphatic carbocycles. The van der Waals surface area contributed by atoms with Gasteiger partial charge in [0.1, 0.15) is 0 Å². The molecule has 1 unspecified atom stereocenters. The summed E-state index contributed by atoms with van der Waals surface area (Å²) in [5.41, 5.74) is 2.01. The summed E-state index contributed by atoms with van der Waals surface area (Å²) in [5, 5.41) is 0. The van der Waals surface area contributed by atoms with Crippen LogP contribution in [0.3, 0.4) is 0 Å². The van der Waals surface area contributed by atoms with Crippen molar-refractivity contribution in [1.29, 1.82) is 0 Å². The zero-order valence-corrected chi connectivity index (χ0v) is 9.89. The molecule has 1 saturated heterocycles. The van der Waals surface area contributed by atoms with Crippen LogP contribution in [-0.4, -0.2) is 30.1 Å². The van der Waals surface area contributed by atoms with E-state index in [0.29, 0.717) is 0 Å². The average molecular weight is 231 g/mol. The van der Waals surface area contributed by atoms with Gasteiger partial charge in [0.15, 0.2) is 0 Å². The molecule has 3 heteroatoms. The zero-order chi connectivity index (χ0) is 11.7. The van der Waals surface area contributed by atoms with Gasteiger partial charge in [0.25, 0.3) is 5.91 Å². The van der Waals surface area contributed by atoms with E-state index < -0.39 is 0 Å². The first-order chi connectivity index (χ1) is 8.34. The number of nitrogens with zero attached hydrogens (tertiary/aromatic N) is 1. The van der Waals surface area contributed by atoms with Gasteiger partial charge >= 0.3 is 0 Å². The molecule has 90 valence electrons. The Morgan fingerprint density at radius 1 is 1.29 bits per heavy atom. The predicted molar refractivity (Wildman–Crippen MR) is 64.8 cm³/mol. The van der Waals surface area contributed by atoms with Crippen molar-refractivity contribution in [2.45, 2.75) is 31.9 Å². The molecule has 1 amide bonds. The lowest BCUT2D eigenvalue weighted by atomic mass is 10.1. The van der Waals surface area contributed by atoms with Gasteiger partial charge in [-0.3, -0.25) is 4.79 Å². The second kappa shape index (κ2) is 4.49. The van der Waals surface area contributed by atoms with Gasteiger partial charge in [0.2, 0.25) is 0 Å². The van der Waals surface area contributed by atoms with Gasteiger partial charge in [-0.05, 0) is 30.9 Å². The fourth-order valence-corrected chi connectivity index (χ4v) is 2.66. The molecule has 0 spiro atoms. The topological polar surface area (TPSA) is 29.5 Å². The van der Waals surface area contributed by atoms with Crippen molar-refractivity contribution >= 4 is 5.91 Å². The molecule has 0 radical (unpaired) electrons. The van der Waals surface area contributed by atoms with Crippen molar-refractivity contribution in [3.8, 4) is 0 Å². The van der Waals surface area contributed by atoms with Gasteiger partial charge in [-0.2, -0.15) is 0 Å². The van der Waals surface area contributed by atoms with Crippen LogP contribution in [0.25, 0.3) is 0 Å². The minimum Gasteiger partial charge on any atom is -0.376 e. The first-order valence-electron chi connectivity index (χ1n) is 6.33. The Labute approximate surface area is 101 Å². The second-order valence-corrected chi connectivity index (χ2v) is 4.83. The summed E-state index contributed by atoms with van der Waals surface area (Å²) < 4.78 is 5.69. The van der Waals surface area contributed by atoms with Gasteiger partial charge in [0.05, 0.1) is 6.10 Å². The molecule has 0 bridgehead atoms. The average Bonchev–Trinajstić information content (AvgIpc) is 2.68. The molecular weight excluding hydrogens is 214 g/mol. The minimum atomic E-state index is 0.162. The number of carbonyl (C=O) groups excluding carboxylic acids is 1. The molecule has 3 nitrogen and oxygen atoms in total. The normalized spacial score (nSPS) is 23.9. The summed E-state index contributed by atoms with van der Waals surface area (Å²) in [6, 6.07) is 7.87. The third-order valence-corrected chi connectivity index (χ3v) is 3.59. The highest BCUT2D eigenvalue weighted by Crippen LogP contribution is 2.24. The molecule has 0 aromatic heterocycles. The van der Waals surface area contributed by atoms with Gasteiger partial charge in [-0.1, -0.05) is 18.2 Å². The van der Waals surface area contributed by atoms with Crippen LogP contribution in [-0.2, 0) is 11.3 Å². The van der Waals surface area contributed by atoms with Crippen molar-refractivity contribution in [1.82, 2.24) is 4.90 Å². The maximum Gasteiger partial charge on any atom is 0.254 e. The Balaban J connectivity index is 1.69. The third kappa shape index (κ3) is 2.07. The molecule has 17 heavy (non-hydrogen) atoms. The lowest BCUT2D eigenvalue weighted by molar-refractivity contribution is -0.00351. The van der Waals surface area contributed by atoms with E-state index in [0.717, 1.165) is 43.7 Å². The smallest absolute Gasteiger partial charge is 0.254 e. The molecule has 1 atom stereocenters. The highest BCUT2D eigenvalue weighted by atomic mass is 16.5. The predicted octanol–water partition coefficient (Wildman–Crippen LogP) is 2.21. The number of carbonyl (C=O) groups is 1. The van der Waals surface area contributed by atoms with E-state index in [2.05, 4.69) is 0 Å². The van der Waals surface area contributed by atoms with Crippen molar-refractivity contribution in [2.24, 2.45) is 0 Å². The second-order valence-electron chi connectivity index (χ2n) is 4.83. The number of hydrogen-bond donors (Lipinski definition) is 0. The summed E-state index contributed by atoms with van der Waals surface area (Å²) in [5.74, 6) is 0.162. The van der Waals surface area contributed by atoms with E-state index in [1.165, 1.54) is 6.42 Å².